The molecule has 10 rings (SSSR count). The first-order valence-corrected chi connectivity index (χ1v) is 16.6. The van der Waals surface area contributed by atoms with Crippen LogP contribution in [0.25, 0.3) is 88.9 Å². The lowest BCUT2D eigenvalue weighted by Crippen LogP contribution is -1.94. The number of aromatic nitrogens is 6. The van der Waals surface area contributed by atoms with Crippen molar-refractivity contribution in [3.8, 4) is 44.8 Å². The lowest BCUT2D eigenvalue weighted by atomic mass is 10.0. The number of imidazole rings is 2. The van der Waals surface area contributed by atoms with E-state index >= 15 is 0 Å². The zero-order valence-electron chi connectivity index (χ0n) is 27.4. The highest BCUT2D eigenvalue weighted by atomic mass is 16.3. The lowest BCUT2D eigenvalue weighted by molar-refractivity contribution is 0.668. The fraction of sp³-hybridized carbons (Fsp3) is 0.0476. The summed E-state index contributed by atoms with van der Waals surface area (Å²) in [6.07, 6.45) is 14.8. The second kappa shape index (κ2) is 12.0. The first-order valence-electron chi connectivity index (χ1n) is 16.6. The van der Waals surface area contributed by atoms with Crippen LogP contribution in [0.4, 0.5) is 0 Å². The molecule has 0 spiro atoms. The number of para-hydroxylation sites is 2. The molecule has 50 heavy (non-hydrogen) atoms. The normalized spacial score (nSPS) is 11.4. The molecule has 0 unspecified atom stereocenters. The number of fused-ring (bicyclic) bond motifs is 6. The van der Waals surface area contributed by atoms with E-state index in [0.717, 1.165) is 88.9 Å². The van der Waals surface area contributed by atoms with Gasteiger partial charge in [0.1, 0.15) is 22.2 Å². The maximum atomic E-state index is 6.51. The van der Waals surface area contributed by atoms with Crippen molar-refractivity contribution >= 4 is 44.1 Å². The van der Waals surface area contributed by atoms with Crippen molar-refractivity contribution in [2.45, 2.75) is 13.8 Å². The predicted molar refractivity (Wildman–Crippen MR) is 198 cm³/mol. The molecule has 8 heteroatoms. The molecule has 0 fully saturated rings. The fourth-order valence-electron chi connectivity index (χ4n) is 6.76. The van der Waals surface area contributed by atoms with E-state index in [2.05, 4.69) is 64.6 Å². The highest BCUT2D eigenvalue weighted by Gasteiger charge is 2.19. The summed E-state index contributed by atoms with van der Waals surface area (Å²) in [4.78, 5) is 18.1. The summed E-state index contributed by atoms with van der Waals surface area (Å²) in [5.41, 5.74) is 12.8. The predicted octanol–water partition coefficient (Wildman–Crippen LogP) is 10.7. The van der Waals surface area contributed by atoms with Gasteiger partial charge in [-0.15, -0.1) is 0 Å². The molecular formula is C42H30N6O2. The van der Waals surface area contributed by atoms with Gasteiger partial charge in [-0.3, -0.25) is 9.97 Å². The number of furan rings is 2. The third-order valence-corrected chi connectivity index (χ3v) is 8.99. The Morgan fingerprint density at radius 2 is 0.980 bits per heavy atom. The highest BCUT2D eigenvalue weighted by molar-refractivity contribution is 6.11. The Morgan fingerprint density at radius 3 is 1.56 bits per heavy atom. The van der Waals surface area contributed by atoms with Gasteiger partial charge in [-0.1, -0.05) is 62.4 Å². The first-order chi connectivity index (χ1) is 24.8. The van der Waals surface area contributed by atoms with E-state index in [1.54, 1.807) is 18.7 Å². The van der Waals surface area contributed by atoms with Crippen LogP contribution in [0.15, 0.2) is 156 Å². The third-order valence-electron chi connectivity index (χ3n) is 8.99. The van der Waals surface area contributed by atoms with Crippen molar-refractivity contribution in [3.63, 3.8) is 0 Å². The number of pyridine rings is 2. The third kappa shape index (κ3) is 4.69. The zero-order chi connectivity index (χ0) is 33.6. The van der Waals surface area contributed by atoms with E-state index in [1.165, 1.54) is 0 Å². The Hall–Kier alpha value is -6.80. The van der Waals surface area contributed by atoms with Crippen LogP contribution in [0.5, 0.6) is 0 Å². The van der Waals surface area contributed by atoms with E-state index < -0.39 is 0 Å². The van der Waals surface area contributed by atoms with E-state index in [0.29, 0.717) is 0 Å². The minimum Gasteiger partial charge on any atom is -0.454 e. The molecule has 0 atom stereocenters. The van der Waals surface area contributed by atoms with Crippen molar-refractivity contribution in [1.29, 1.82) is 0 Å². The fourth-order valence-corrected chi connectivity index (χ4v) is 6.76. The zero-order valence-corrected chi connectivity index (χ0v) is 27.4. The van der Waals surface area contributed by atoms with Gasteiger partial charge in [-0.2, -0.15) is 0 Å². The van der Waals surface area contributed by atoms with E-state index in [-0.39, 0.29) is 0 Å². The molecule has 0 amide bonds. The average Bonchev–Trinajstić information content (AvgIpc) is 4.02. The molecule has 8 nitrogen and oxygen atoms in total. The van der Waals surface area contributed by atoms with Gasteiger partial charge in [0.05, 0.1) is 24.0 Å². The van der Waals surface area contributed by atoms with Crippen molar-refractivity contribution in [1.82, 2.24) is 29.1 Å². The molecule has 240 valence electrons. The topological polar surface area (TPSA) is 87.7 Å². The van der Waals surface area contributed by atoms with Gasteiger partial charge < -0.3 is 18.0 Å². The van der Waals surface area contributed by atoms with Gasteiger partial charge in [0.15, 0.2) is 11.2 Å². The minimum atomic E-state index is 0.739. The van der Waals surface area contributed by atoms with Crippen LogP contribution in [-0.4, -0.2) is 29.1 Å². The van der Waals surface area contributed by atoms with Crippen LogP contribution >= 0.6 is 0 Å². The molecule has 0 aliphatic carbocycles. The van der Waals surface area contributed by atoms with Crippen LogP contribution < -0.4 is 0 Å². The smallest absolute Gasteiger partial charge is 0.161 e. The van der Waals surface area contributed by atoms with Crippen LogP contribution in [0.2, 0.25) is 0 Å². The van der Waals surface area contributed by atoms with Crippen LogP contribution in [0, 0.1) is 0 Å². The quantitative estimate of drug-likeness (QED) is 0.184. The van der Waals surface area contributed by atoms with Gasteiger partial charge in [-0.25, -0.2) is 9.97 Å². The number of benzene rings is 4. The first kappa shape index (κ1) is 29.3. The van der Waals surface area contributed by atoms with Crippen LogP contribution in [0.3, 0.4) is 0 Å². The number of hydrogen-bond donors (Lipinski definition) is 0. The second-order valence-corrected chi connectivity index (χ2v) is 11.7. The summed E-state index contributed by atoms with van der Waals surface area (Å²) in [5, 5.41) is 1.89. The summed E-state index contributed by atoms with van der Waals surface area (Å²) in [6, 6.07) is 33.0. The van der Waals surface area contributed by atoms with Gasteiger partial charge in [0.25, 0.3) is 0 Å². The molecule has 4 aromatic carbocycles. The molecule has 0 saturated heterocycles. The highest BCUT2D eigenvalue weighted by Crippen LogP contribution is 2.41. The van der Waals surface area contributed by atoms with Crippen molar-refractivity contribution in [2.75, 3.05) is 0 Å². The Morgan fingerprint density at radius 1 is 0.480 bits per heavy atom. The molecule has 0 aliphatic heterocycles. The van der Waals surface area contributed by atoms with Gasteiger partial charge in [0.2, 0.25) is 0 Å². The molecule has 0 N–H and O–H groups in total. The second-order valence-electron chi connectivity index (χ2n) is 11.7. The minimum absolute atomic E-state index is 0.739. The Bertz CT molecular complexity index is 2790. The lowest BCUT2D eigenvalue weighted by Gasteiger charge is -2.10. The van der Waals surface area contributed by atoms with Gasteiger partial charge in [0, 0.05) is 70.2 Å². The Kier molecular flexibility index (Phi) is 7.05. The van der Waals surface area contributed by atoms with E-state index in [4.69, 9.17) is 18.8 Å². The molecule has 0 saturated carbocycles. The van der Waals surface area contributed by atoms with Crippen molar-refractivity contribution < 1.29 is 8.83 Å². The van der Waals surface area contributed by atoms with Gasteiger partial charge >= 0.3 is 0 Å². The van der Waals surface area contributed by atoms with Crippen LogP contribution in [-0.2, 0) is 0 Å². The summed E-state index contributed by atoms with van der Waals surface area (Å²) in [6.45, 7) is 4.00. The molecular weight excluding hydrogens is 621 g/mol. The summed E-state index contributed by atoms with van der Waals surface area (Å²) in [7, 11) is 0. The molecule has 0 aliphatic rings. The molecule has 6 aromatic heterocycles. The maximum Gasteiger partial charge on any atom is 0.161 e. The summed E-state index contributed by atoms with van der Waals surface area (Å²) in [5.74, 6) is 0. The summed E-state index contributed by atoms with van der Waals surface area (Å²) >= 11 is 0. The number of rotatable bonds is 5. The molecule has 0 radical (unpaired) electrons. The number of nitrogens with zero attached hydrogens (tertiary/aromatic N) is 6. The van der Waals surface area contributed by atoms with E-state index in [9.17, 15) is 0 Å². The van der Waals surface area contributed by atoms with Crippen LogP contribution in [0.1, 0.15) is 13.8 Å². The van der Waals surface area contributed by atoms with Gasteiger partial charge in [-0.05, 0) is 59.7 Å². The Balaban J connectivity index is 0.00000165. The molecule has 10 aromatic rings. The van der Waals surface area contributed by atoms with Crippen molar-refractivity contribution in [2.24, 2.45) is 0 Å². The largest absolute Gasteiger partial charge is 0.454 e. The SMILES string of the molecule is CC.c1ccc(-n2ccnc2)c(-c2ccc3oc4c(-c5ccc6oc7c(-c8ccccc8-n8ccnc8)ccnc7c6c5)ccnc4c3c2)c1. The number of hydrogen-bond acceptors (Lipinski definition) is 6. The monoisotopic (exact) mass is 650 g/mol. The molecule has 6 heterocycles. The molecule has 0 bridgehead atoms. The van der Waals surface area contributed by atoms with E-state index in [1.807, 2.05) is 96.6 Å². The average molecular weight is 651 g/mol. The standard InChI is InChI=1S/C40H24N6O2.C2H6/c1-3-7-33(45-19-17-41-23-45)27(5-1)25-9-11-35-31(21-25)37-39(47-35)28(13-15-43-37)26-10-12-36-32(22-26)38-40(48-36)30(14-16-44-38)29-6-2-4-8-34(29)46-20-18-42-24-46;1-2/h1-24H;1-2H3. The Labute approximate surface area is 286 Å². The summed E-state index contributed by atoms with van der Waals surface area (Å²) < 4.78 is 17.0. The maximum absolute atomic E-state index is 6.51. The van der Waals surface area contributed by atoms with Crippen molar-refractivity contribution in [3.05, 3.63) is 147 Å².